The van der Waals surface area contributed by atoms with Crippen molar-refractivity contribution >= 4 is 5.78 Å². The fourth-order valence-corrected chi connectivity index (χ4v) is 2.55. The summed E-state index contributed by atoms with van der Waals surface area (Å²) < 4.78 is 0. The second kappa shape index (κ2) is 5.00. The van der Waals surface area contributed by atoms with Crippen LogP contribution >= 0.6 is 0 Å². The molecule has 0 heterocycles. The summed E-state index contributed by atoms with van der Waals surface area (Å²) >= 11 is 0. The molecule has 2 aromatic rings. The predicted octanol–water partition coefficient (Wildman–Crippen LogP) is 3.77. The highest BCUT2D eigenvalue weighted by Crippen LogP contribution is 2.23. The van der Waals surface area contributed by atoms with Gasteiger partial charge in [0.05, 0.1) is 0 Å². The molecule has 19 heavy (non-hydrogen) atoms. The zero-order chi connectivity index (χ0) is 13.2. The molecule has 0 bridgehead atoms. The summed E-state index contributed by atoms with van der Waals surface area (Å²) in [6.45, 7) is 1.61. The van der Waals surface area contributed by atoms with Crippen LogP contribution < -0.4 is 0 Å². The van der Waals surface area contributed by atoms with Gasteiger partial charge in [0, 0.05) is 5.56 Å². The van der Waals surface area contributed by atoms with Crippen LogP contribution in [0.25, 0.3) is 0 Å². The summed E-state index contributed by atoms with van der Waals surface area (Å²) in [5.74, 6) is 0.166. The average Bonchev–Trinajstić information content (AvgIpc) is 2.33. The number of hydrogen-bond acceptors (Lipinski definition) is 1. The third kappa shape index (κ3) is 2.46. The Morgan fingerprint density at radius 2 is 1.32 bits per heavy atom. The van der Waals surface area contributed by atoms with E-state index in [0.717, 1.165) is 12.0 Å². The van der Waals surface area contributed by atoms with Gasteiger partial charge in [-0.2, -0.15) is 0 Å². The molecule has 0 saturated carbocycles. The minimum absolute atomic E-state index is 0.166. The molecule has 0 atom stereocenters. The van der Waals surface area contributed by atoms with Crippen molar-refractivity contribution in [2.45, 2.75) is 32.6 Å². The average molecular weight is 250 g/mol. The third-order valence-corrected chi connectivity index (χ3v) is 4.06. The molecule has 0 radical (unpaired) electrons. The molecule has 0 aromatic heterocycles. The van der Waals surface area contributed by atoms with Crippen molar-refractivity contribution < 1.29 is 4.79 Å². The number of carbonyl (C=O) groups excluding carboxylic acids is 1. The van der Waals surface area contributed by atoms with Crippen molar-refractivity contribution in [3.05, 3.63) is 70.3 Å². The van der Waals surface area contributed by atoms with Gasteiger partial charge in [-0.05, 0) is 60.9 Å². The van der Waals surface area contributed by atoms with E-state index >= 15 is 0 Å². The first-order chi connectivity index (χ1) is 9.24. The smallest absolute Gasteiger partial charge is 0.159 e. The number of Topliss-reactive ketones (excluding diaryl/α,β-unsaturated/α-hetero) is 1. The number of carbonyl (C=O) groups is 1. The molecule has 0 amide bonds. The molecule has 0 N–H and O–H groups in total. The van der Waals surface area contributed by atoms with Crippen molar-refractivity contribution in [1.29, 1.82) is 0 Å². The van der Waals surface area contributed by atoms with Crippen LogP contribution in [0.3, 0.4) is 0 Å². The van der Waals surface area contributed by atoms with E-state index in [2.05, 4.69) is 30.3 Å². The van der Waals surface area contributed by atoms with E-state index in [1.807, 2.05) is 12.1 Å². The van der Waals surface area contributed by atoms with E-state index in [1.165, 1.54) is 30.4 Å². The van der Waals surface area contributed by atoms with Crippen LogP contribution in [0.15, 0.2) is 42.5 Å². The molecule has 0 unspecified atom stereocenters. The summed E-state index contributed by atoms with van der Waals surface area (Å²) in [5, 5.41) is 0. The van der Waals surface area contributed by atoms with Crippen LogP contribution in [-0.2, 0) is 25.7 Å². The van der Waals surface area contributed by atoms with Gasteiger partial charge >= 0.3 is 0 Å². The Labute approximate surface area is 114 Å². The van der Waals surface area contributed by atoms with Gasteiger partial charge in [-0.15, -0.1) is 0 Å². The summed E-state index contributed by atoms with van der Waals surface area (Å²) in [7, 11) is 0. The molecule has 0 saturated heterocycles. The van der Waals surface area contributed by atoms with Crippen molar-refractivity contribution in [2.24, 2.45) is 0 Å². The molecule has 1 heteroatoms. The maximum Gasteiger partial charge on any atom is 0.159 e. The Hall–Kier alpha value is -1.89. The largest absolute Gasteiger partial charge is 0.295 e. The molecule has 2 aliphatic carbocycles. The van der Waals surface area contributed by atoms with Crippen LogP contribution in [0.1, 0.15) is 39.5 Å². The van der Waals surface area contributed by atoms with Crippen LogP contribution in [0.2, 0.25) is 0 Å². The van der Waals surface area contributed by atoms with E-state index in [4.69, 9.17) is 0 Å². The molecule has 0 aliphatic heterocycles. The van der Waals surface area contributed by atoms with Crippen molar-refractivity contribution in [3.63, 3.8) is 0 Å². The summed E-state index contributed by atoms with van der Waals surface area (Å²) in [5.41, 5.74) is 6.72. The zero-order valence-electron chi connectivity index (χ0n) is 11.3. The second-order valence-electron chi connectivity index (χ2n) is 5.31. The fourth-order valence-electron chi connectivity index (χ4n) is 2.55. The van der Waals surface area contributed by atoms with Crippen molar-refractivity contribution in [1.82, 2.24) is 0 Å². The highest BCUT2D eigenvalue weighted by atomic mass is 16.1. The molecule has 0 fully saturated rings. The van der Waals surface area contributed by atoms with Gasteiger partial charge in [0.25, 0.3) is 0 Å². The molecule has 4 rings (SSSR count). The lowest BCUT2D eigenvalue weighted by atomic mass is 9.87. The van der Waals surface area contributed by atoms with Crippen LogP contribution in [-0.4, -0.2) is 5.78 Å². The number of hydrogen-bond donors (Lipinski definition) is 0. The zero-order valence-corrected chi connectivity index (χ0v) is 11.3. The van der Waals surface area contributed by atoms with E-state index in [1.54, 1.807) is 18.1 Å². The lowest BCUT2D eigenvalue weighted by Crippen LogP contribution is -2.09. The SMILES string of the molecule is CC(=O)c1ccc2c(c1)CC2.c1ccc2c(c1)CC2. The number of ketones is 1. The number of rotatable bonds is 1. The summed E-state index contributed by atoms with van der Waals surface area (Å²) in [4.78, 5) is 10.9. The van der Waals surface area contributed by atoms with Gasteiger partial charge in [-0.25, -0.2) is 0 Å². The van der Waals surface area contributed by atoms with Gasteiger partial charge in [-0.1, -0.05) is 36.4 Å². The molecular weight excluding hydrogens is 232 g/mol. The topological polar surface area (TPSA) is 17.1 Å². The minimum Gasteiger partial charge on any atom is -0.295 e. The van der Waals surface area contributed by atoms with Gasteiger partial charge in [0.2, 0.25) is 0 Å². The Bertz CT molecular complexity index is 602. The maximum atomic E-state index is 10.9. The lowest BCUT2D eigenvalue weighted by Gasteiger charge is -2.18. The molecule has 1 nitrogen and oxygen atoms in total. The summed E-state index contributed by atoms with van der Waals surface area (Å²) in [6, 6.07) is 14.6. The monoisotopic (exact) mass is 250 g/mol. The Morgan fingerprint density at radius 1 is 0.789 bits per heavy atom. The molecule has 0 spiro atoms. The van der Waals surface area contributed by atoms with E-state index in [9.17, 15) is 4.79 Å². The Balaban J connectivity index is 0.000000122. The standard InChI is InChI=1S/C10H10O.C8H8/c1-7(11)9-4-2-8-3-5-10(8)6-9;1-2-4-8-6-5-7(8)3-1/h2,4,6H,3,5H2,1H3;1-4H,5-6H2. The Kier molecular flexibility index (Phi) is 3.20. The first-order valence-corrected chi connectivity index (χ1v) is 6.93. The first-order valence-electron chi connectivity index (χ1n) is 6.93. The maximum absolute atomic E-state index is 10.9. The predicted molar refractivity (Wildman–Crippen MR) is 77.7 cm³/mol. The molecular formula is C18H18O. The molecule has 2 aromatic carbocycles. The van der Waals surface area contributed by atoms with Gasteiger partial charge in [-0.3, -0.25) is 4.79 Å². The van der Waals surface area contributed by atoms with Crippen molar-refractivity contribution in [3.8, 4) is 0 Å². The first kappa shape index (κ1) is 12.2. The van der Waals surface area contributed by atoms with Crippen LogP contribution in [0, 0.1) is 0 Å². The fraction of sp³-hybridized carbons (Fsp3) is 0.278. The minimum atomic E-state index is 0.166. The lowest BCUT2D eigenvalue weighted by molar-refractivity contribution is 0.101. The molecule has 96 valence electrons. The second-order valence-corrected chi connectivity index (χ2v) is 5.31. The van der Waals surface area contributed by atoms with E-state index < -0.39 is 0 Å². The van der Waals surface area contributed by atoms with Crippen LogP contribution in [0.4, 0.5) is 0 Å². The van der Waals surface area contributed by atoms with E-state index in [0.29, 0.717) is 0 Å². The van der Waals surface area contributed by atoms with Crippen molar-refractivity contribution in [2.75, 3.05) is 0 Å². The van der Waals surface area contributed by atoms with Gasteiger partial charge in [0.1, 0.15) is 0 Å². The normalized spacial score (nSPS) is 13.9. The van der Waals surface area contributed by atoms with Gasteiger partial charge < -0.3 is 0 Å². The van der Waals surface area contributed by atoms with Gasteiger partial charge in [0.15, 0.2) is 5.78 Å². The number of benzene rings is 2. The highest BCUT2D eigenvalue weighted by molar-refractivity contribution is 5.94. The van der Waals surface area contributed by atoms with E-state index in [-0.39, 0.29) is 5.78 Å². The quantitative estimate of drug-likeness (QED) is 0.704. The summed E-state index contributed by atoms with van der Waals surface area (Å²) in [6.07, 6.45) is 4.94. The van der Waals surface area contributed by atoms with Crippen LogP contribution in [0.5, 0.6) is 0 Å². The highest BCUT2D eigenvalue weighted by Gasteiger charge is 2.13. The Morgan fingerprint density at radius 3 is 1.68 bits per heavy atom. The number of aryl methyl sites for hydroxylation is 4. The third-order valence-electron chi connectivity index (χ3n) is 4.06. The molecule has 2 aliphatic rings. The number of fused-ring (bicyclic) bond motifs is 2.